The van der Waals surface area contributed by atoms with Crippen LogP contribution in [0.15, 0.2) is 78.9 Å². The van der Waals surface area contributed by atoms with Gasteiger partial charge in [0.15, 0.2) is 6.61 Å². The molecule has 0 spiro atoms. The Morgan fingerprint density at radius 3 is 2.11 bits per heavy atom. The van der Waals surface area contributed by atoms with Gasteiger partial charge in [0.05, 0.1) is 11.6 Å². The van der Waals surface area contributed by atoms with E-state index in [9.17, 15) is 4.79 Å². The van der Waals surface area contributed by atoms with Gasteiger partial charge in [-0.05, 0) is 54.1 Å². The van der Waals surface area contributed by atoms with Crippen molar-refractivity contribution >= 4 is 11.6 Å². The Balaban J connectivity index is 1.45. The van der Waals surface area contributed by atoms with E-state index in [4.69, 9.17) is 14.7 Å². The van der Waals surface area contributed by atoms with E-state index in [1.54, 1.807) is 48.5 Å². The van der Waals surface area contributed by atoms with Gasteiger partial charge in [-0.15, -0.1) is 0 Å². The zero-order chi connectivity index (χ0) is 18.9. The number of amides is 1. The van der Waals surface area contributed by atoms with Gasteiger partial charge in [0.25, 0.3) is 5.91 Å². The molecule has 0 aromatic heterocycles. The zero-order valence-electron chi connectivity index (χ0n) is 14.6. The van der Waals surface area contributed by atoms with E-state index in [1.807, 2.05) is 36.4 Å². The summed E-state index contributed by atoms with van der Waals surface area (Å²) in [4.78, 5) is 11.9. The molecule has 5 nitrogen and oxygen atoms in total. The fourth-order valence-corrected chi connectivity index (χ4v) is 2.35. The molecule has 0 aliphatic heterocycles. The smallest absolute Gasteiger partial charge is 0.262 e. The highest BCUT2D eigenvalue weighted by Gasteiger charge is 2.04. The lowest BCUT2D eigenvalue weighted by molar-refractivity contribution is -0.118. The number of nitrogens with zero attached hydrogens (tertiary/aromatic N) is 1. The van der Waals surface area contributed by atoms with Gasteiger partial charge in [0, 0.05) is 5.69 Å². The summed E-state index contributed by atoms with van der Waals surface area (Å²) in [7, 11) is 0. The maximum atomic E-state index is 11.9. The normalized spacial score (nSPS) is 9.89. The molecule has 5 heteroatoms. The molecule has 27 heavy (non-hydrogen) atoms. The molecule has 0 aliphatic rings. The Bertz CT molecular complexity index is 915. The van der Waals surface area contributed by atoms with E-state index >= 15 is 0 Å². The van der Waals surface area contributed by atoms with Crippen molar-refractivity contribution in [2.45, 2.75) is 6.61 Å². The third kappa shape index (κ3) is 5.62. The van der Waals surface area contributed by atoms with Crippen LogP contribution in [0, 0.1) is 11.3 Å². The molecule has 0 saturated heterocycles. The highest BCUT2D eigenvalue weighted by atomic mass is 16.5. The van der Waals surface area contributed by atoms with Crippen LogP contribution in [0.25, 0.3) is 0 Å². The van der Waals surface area contributed by atoms with Gasteiger partial charge in [0.2, 0.25) is 0 Å². The lowest BCUT2D eigenvalue weighted by Crippen LogP contribution is -2.20. The minimum Gasteiger partial charge on any atom is -0.489 e. The van der Waals surface area contributed by atoms with Crippen molar-refractivity contribution in [2.24, 2.45) is 0 Å². The maximum Gasteiger partial charge on any atom is 0.262 e. The summed E-state index contributed by atoms with van der Waals surface area (Å²) in [5.74, 6) is 1.04. The molecule has 3 rings (SSSR count). The van der Waals surface area contributed by atoms with Crippen LogP contribution < -0.4 is 14.8 Å². The van der Waals surface area contributed by atoms with Gasteiger partial charge < -0.3 is 14.8 Å². The topological polar surface area (TPSA) is 71.4 Å². The summed E-state index contributed by atoms with van der Waals surface area (Å²) in [6.45, 7) is 0.387. The van der Waals surface area contributed by atoms with E-state index in [2.05, 4.69) is 5.32 Å². The van der Waals surface area contributed by atoms with Crippen molar-refractivity contribution in [3.8, 4) is 17.6 Å². The molecule has 3 aromatic rings. The number of benzene rings is 3. The molecular formula is C22H18N2O3. The number of carbonyl (C=O) groups is 1. The van der Waals surface area contributed by atoms with Crippen LogP contribution >= 0.6 is 0 Å². The Hall–Kier alpha value is -3.78. The van der Waals surface area contributed by atoms with Gasteiger partial charge in [0.1, 0.15) is 18.1 Å². The lowest BCUT2D eigenvalue weighted by Gasteiger charge is -2.09. The van der Waals surface area contributed by atoms with E-state index in [-0.39, 0.29) is 12.5 Å². The van der Waals surface area contributed by atoms with Crippen LogP contribution in [0.4, 0.5) is 5.69 Å². The fraction of sp³-hybridized carbons (Fsp3) is 0.0909. The molecule has 0 fully saturated rings. The van der Waals surface area contributed by atoms with Gasteiger partial charge in [-0.25, -0.2) is 0 Å². The number of rotatable bonds is 7. The first-order chi connectivity index (χ1) is 13.2. The van der Waals surface area contributed by atoms with E-state index in [1.165, 1.54) is 0 Å². The zero-order valence-corrected chi connectivity index (χ0v) is 14.6. The number of hydrogen-bond donors (Lipinski definition) is 1. The SMILES string of the molecule is N#Cc1ccc(NC(=O)COc2ccc(OCc3ccccc3)cc2)cc1. The molecule has 0 aliphatic carbocycles. The predicted octanol–water partition coefficient (Wildman–Crippen LogP) is 4.15. The minimum atomic E-state index is -0.274. The summed E-state index contributed by atoms with van der Waals surface area (Å²) < 4.78 is 11.2. The first kappa shape index (κ1) is 18.0. The second-order valence-corrected chi connectivity index (χ2v) is 5.77. The summed E-state index contributed by atoms with van der Waals surface area (Å²) >= 11 is 0. The summed E-state index contributed by atoms with van der Waals surface area (Å²) in [6, 6.07) is 25.7. The van der Waals surface area contributed by atoms with Crippen LogP contribution in [0.3, 0.4) is 0 Å². The van der Waals surface area contributed by atoms with Gasteiger partial charge in [-0.3, -0.25) is 4.79 Å². The highest BCUT2D eigenvalue weighted by molar-refractivity contribution is 5.91. The molecule has 0 unspecified atom stereocenters. The summed E-state index contributed by atoms with van der Waals surface area (Å²) in [6.07, 6.45) is 0. The van der Waals surface area contributed by atoms with Crippen molar-refractivity contribution in [3.05, 3.63) is 90.0 Å². The van der Waals surface area contributed by atoms with Gasteiger partial charge in [-0.1, -0.05) is 30.3 Å². The number of anilines is 1. The average molecular weight is 358 g/mol. The van der Waals surface area contributed by atoms with Crippen molar-refractivity contribution in [3.63, 3.8) is 0 Å². The molecule has 0 saturated carbocycles. The maximum absolute atomic E-state index is 11.9. The molecule has 1 amide bonds. The molecule has 0 bridgehead atoms. The van der Waals surface area contributed by atoms with Crippen molar-refractivity contribution < 1.29 is 14.3 Å². The largest absolute Gasteiger partial charge is 0.489 e. The van der Waals surface area contributed by atoms with E-state index < -0.39 is 0 Å². The number of ether oxygens (including phenoxy) is 2. The number of nitriles is 1. The Kier molecular flexibility index (Phi) is 6.05. The second kappa shape index (κ2) is 9.07. The highest BCUT2D eigenvalue weighted by Crippen LogP contribution is 2.19. The molecular weight excluding hydrogens is 340 g/mol. The summed E-state index contributed by atoms with van der Waals surface area (Å²) in [5.41, 5.74) is 2.25. The third-order valence-electron chi connectivity index (χ3n) is 3.74. The number of nitrogens with one attached hydrogen (secondary N) is 1. The molecule has 0 atom stereocenters. The molecule has 0 radical (unpaired) electrons. The molecule has 3 aromatic carbocycles. The standard InChI is InChI=1S/C22H18N2O3/c23-14-17-6-8-19(9-7-17)24-22(25)16-27-21-12-10-20(11-13-21)26-15-18-4-2-1-3-5-18/h1-13H,15-16H2,(H,24,25). The Morgan fingerprint density at radius 2 is 1.48 bits per heavy atom. The monoisotopic (exact) mass is 358 g/mol. The van der Waals surface area contributed by atoms with Crippen molar-refractivity contribution in [1.29, 1.82) is 5.26 Å². The average Bonchev–Trinajstić information content (AvgIpc) is 2.73. The first-order valence-electron chi connectivity index (χ1n) is 8.42. The number of hydrogen-bond acceptors (Lipinski definition) is 4. The van der Waals surface area contributed by atoms with Crippen molar-refractivity contribution in [2.75, 3.05) is 11.9 Å². The summed E-state index contributed by atoms with van der Waals surface area (Å²) in [5, 5.41) is 11.5. The van der Waals surface area contributed by atoms with Crippen LogP contribution in [0.5, 0.6) is 11.5 Å². The fourth-order valence-electron chi connectivity index (χ4n) is 2.35. The second-order valence-electron chi connectivity index (χ2n) is 5.77. The quantitative estimate of drug-likeness (QED) is 0.688. The molecule has 0 heterocycles. The van der Waals surface area contributed by atoms with E-state index in [0.717, 1.165) is 11.3 Å². The van der Waals surface area contributed by atoms with Crippen LogP contribution in [0.1, 0.15) is 11.1 Å². The number of carbonyl (C=O) groups excluding carboxylic acids is 1. The molecule has 1 N–H and O–H groups in total. The lowest BCUT2D eigenvalue weighted by atomic mass is 10.2. The van der Waals surface area contributed by atoms with Crippen LogP contribution in [-0.4, -0.2) is 12.5 Å². The Labute approximate surface area is 157 Å². The minimum absolute atomic E-state index is 0.107. The molecule has 134 valence electrons. The predicted molar refractivity (Wildman–Crippen MR) is 102 cm³/mol. The third-order valence-corrected chi connectivity index (χ3v) is 3.74. The van der Waals surface area contributed by atoms with E-state index in [0.29, 0.717) is 23.6 Å². The van der Waals surface area contributed by atoms with Crippen molar-refractivity contribution in [1.82, 2.24) is 0 Å². The Morgan fingerprint density at radius 1 is 0.852 bits per heavy atom. The van der Waals surface area contributed by atoms with Crippen LogP contribution in [-0.2, 0) is 11.4 Å². The van der Waals surface area contributed by atoms with Gasteiger partial charge >= 0.3 is 0 Å². The van der Waals surface area contributed by atoms with Crippen LogP contribution in [0.2, 0.25) is 0 Å². The first-order valence-corrected chi connectivity index (χ1v) is 8.42. The van der Waals surface area contributed by atoms with Gasteiger partial charge in [-0.2, -0.15) is 5.26 Å².